The third kappa shape index (κ3) is 3.07. The highest BCUT2D eigenvalue weighted by molar-refractivity contribution is 9.10. The Balaban J connectivity index is 1.78. The summed E-state index contributed by atoms with van der Waals surface area (Å²) in [6.45, 7) is 0. The van der Waals surface area contributed by atoms with Crippen LogP contribution in [0.4, 0.5) is 10.1 Å². The molecule has 1 N–H and O–H groups in total. The molecule has 0 spiro atoms. The minimum Gasteiger partial charge on any atom is -0.322 e. The van der Waals surface area contributed by atoms with Gasteiger partial charge < -0.3 is 9.88 Å². The standard InChI is InChI=1S/C16H11BrFN3O/c17-11-1-6-15(18)14(9-11)16(22)20-12-2-4-13(5-3-12)21-8-7-19-10-21/h1-10H,(H,20,22). The van der Waals surface area contributed by atoms with Crippen molar-refractivity contribution in [2.75, 3.05) is 5.32 Å². The molecule has 4 nitrogen and oxygen atoms in total. The number of halogens is 2. The Hall–Kier alpha value is -2.47. The maximum absolute atomic E-state index is 13.7. The summed E-state index contributed by atoms with van der Waals surface area (Å²) >= 11 is 3.23. The van der Waals surface area contributed by atoms with Crippen LogP contribution in [0.2, 0.25) is 0 Å². The molecule has 1 aromatic heterocycles. The Bertz CT molecular complexity index is 801. The van der Waals surface area contributed by atoms with E-state index in [9.17, 15) is 9.18 Å². The first-order valence-corrected chi connectivity index (χ1v) is 7.27. The number of benzene rings is 2. The lowest BCUT2D eigenvalue weighted by Crippen LogP contribution is -2.13. The SMILES string of the molecule is O=C(Nc1ccc(-n2ccnc2)cc1)c1cc(Br)ccc1F. The molecular formula is C16H11BrFN3O. The number of carbonyl (C=O) groups excluding carboxylic acids is 1. The molecule has 0 saturated heterocycles. The third-order valence-corrected chi connectivity index (χ3v) is 3.59. The fraction of sp³-hybridized carbons (Fsp3) is 0. The molecule has 0 aliphatic rings. The average Bonchev–Trinajstić information content (AvgIpc) is 3.05. The quantitative estimate of drug-likeness (QED) is 0.767. The summed E-state index contributed by atoms with van der Waals surface area (Å²) in [5, 5.41) is 2.67. The molecule has 3 rings (SSSR count). The minimum absolute atomic E-state index is 0.00642. The molecule has 2 aromatic carbocycles. The second-order valence-electron chi connectivity index (χ2n) is 4.60. The number of imidazole rings is 1. The number of aromatic nitrogens is 2. The van der Waals surface area contributed by atoms with Gasteiger partial charge >= 0.3 is 0 Å². The van der Waals surface area contributed by atoms with Crippen LogP contribution in [0, 0.1) is 5.82 Å². The van der Waals surface area contributed by atoms with Crippen LogP contribution in [0.1, 0.15) is 10.4 Å². The van der Waals surface area contributed by atoms with Gasteiger partial charge in [0.15, 0.2) is 0 Å². The minimum atomic E-state index is -0.560. The maximum Gasteiger partial charge on any atom is 0.258 e. The number of nitrogens with one attached hydrogen (secondary N) is 1. The molecule has 0 saturated carbocycles. The predicted octanol–water partition coefficient (Wildman–Crippen LogP) is 4.03. The van der Waals surface area contributed by atoms with Gasteiger partial charge in [-0.1, -0.05) is 15.9 Å². The zero-order valence-corrected chi connectivity index (χ0v) is 12.9. The summed E-state index contributed by atoms with van der Waals surface area (Å²) in [5.74, 6) is -1.05. The first kappa shape index (κ1) is 14.5. The number of anilines is 1. The van der Waals surface area contributed by atoms with E-state index >= 15 is 0 Å². The second kappa shape index (κ2) is 6.11. The summed E-state index contributed by atoms with van der Waals surface area (Å²) in [6.07, 6.45) is 5.20. The van der Waals surface area contributed by atoms with Crippen LogP contribution in [-0.2, 0) is 0 Å². The molecule has 0 aliphatic heterocycles. The van der Waals surface area contributed by atoms with Crippen LogP contribution < -0.4 is 5.32 Å². The first-order chi connectivity index (χ1) is 10.6. The van der Waals surface area contributed by atoms with Gasteiger partial charge in [0.05, 0.1) is 11.9 Å². The summed E-state index contributed by atoms with van der Waals surface area (Å²) in [5.41, 5.74) is 1.51. The summed E-state index contributed by atoms with van der Waals surface area (Å²) in [4.78, 5) is 16.1. The predicted molar refractivity (Wildman–Crippen MR) is 85.6 cm³/mol. The molecule has 1 heterocycles. The molecule has 0 atom stereocenters. The van der Waals surface area contributed by atoms with Gasteiger partial charge in [0.25, 0.3) is 5.91 Å². The largest absolute Gasteiger partial charge is 0.322 e. The zero-order chi connectivity index (χ0) is 15.5. The summed E-state index contributed by atoms with van der Waals surface area (Å²) in [6, 6.07) is 11.4. The molecule has 22 heavy (non-hydrogen) atoms. The molecule has 110 valence electrons. The molecule has 0 radical (unpaired) electrons. The van der Waals surface area contributed by atoms with Crippen molar-refractivity contribution in [1.29, 1.82) is 0 Å². The highest BCUT2D eigenvalue weighted by Crippen LogP contribution is 2.18. The smallest absolute Gasteiger partial charge is 0.258 e. The lowest BCUT2D eigenvalue weighted by molar-refractivity contribution is 0.102. The van der Waals surface area contributed by atoms with E-state index < -0.39 is 11.7 Å². The topological polar surface area (TPSA) is 46.9 Å². The fourth-order valence-corrected chi connectivity index (χ4v) is 2.36. The van der Waals surface area contributed by atoms with Gasteiger partial charge in [0, 0.05) is 28.2 Å². The van der Waals surface area contributed by atoms with Crippen molar-refractivity contribution in [3.8, 4) is 5.69 Å². The zero-order valence-electron chi connectivity index (χ0n) is 11.3. The van der Waals surface area contributed by atoms with Crippen LogP contribution >= 0.6 is 15.9 Å². The van der Waals surface area contributed by atoms with Gasteiger partial charge in [0.2, 0.25) is 0 Å². The Kier molecular flexibility index (Phi) is 4.02. The van der Waals surface area contributed by atoms with E-state index in [4.69, 9.17) is 0 Å². The van der Waals surface area contributed by atoms with Crippen LogP contribution in [0.3, 0.4) is 0 Å². The van der Waals surface area contributed by atoms with E-state index in [0.29, 0.717) is 10.2 Å². The van der Waals surface area contributed by atoms with Gasteiger partial charge in [0.1, 0.15) is 5.82 Å². The van der Waals surface area contributed by atoms with Crippen LogP contribution in [-0.4, -0.2) is 15.5 Å². The van der Waals surface area contributed by atoms with Crippen molar-refractivity contribution >= 4 is 27.5 Å². The van der Waals surface area contributed by atoms with E-state index in [-0.39, 0.29) is 5.56 Å². The lowest BCUT2D eigenvalue weighted by Gasteiger charge is -2.08. The second-order valence-corrected chi connectivity index (χ2v) is 5.51. The van der Waals surface area contributed by atoms with E-state index in [0.717, 1.165) is 5.69 Å². The first-order valence-electron chi connectivity index (χ1n) is 6.48. The van der Waals surface area contributed by atoms with Crippen molar-refractivity contribution in [1.82, 2.24) is 9.55 Å². The molecule has 0 unspecified atom stereocenters. The summed E-state index contributed by atoms with van der Waals surface area (Å²) in [7, 11) is 0. The Morgan fingerprint density at radius 2 is 1.95 bits per heavy atom. The number of rotatable bonds is 3. The maximum atomic E-state index is 13.7. The fourth-order valence-electron chi connectivity index (χ4n) is 2.00. The van der Waals surface area contributed by atoms with Crippen LogP contribution in [0.15, 0.2) is 65.7 Å². The number of amides is 1. The van der Waals surface area contributed by atoms with Gasteiger partial charge in [-0.15, -0.1) is 0 Å². The van der Waals surface area contributed by atoms with E-state index in [2.05, 4.69) is 26.2 Å². The monoisotopic (exact) mass is 359 g/mol. The molecule has 0 aliphatic carbocycles. The highest BCUT2D eigenvalue weighted by atomic mass is 79.9. The molecule has 0 bridgehead atoms. The van der Waals surface area contributed by atoms with Crippen LogP contribution in [0.5, 0.6) is 0 Å². The van der Waals surface area contributed by atoms with Crippen molar-refractivity contribution < 1.29 is 9.18 Å². The van der Waals surface area contributed by atoms with Crippen molar-refractivity contribution in [3.63, 3.8) is 0 Å². The summed E-state index contributed by atoms with van der Waals surface area (Å²) < 4.78 is 16.2. The average molecular weight is 360 g/mol. The van der Waals surface area contributed by atoms with Crippen molar-refractivity contribution in [3.05, 3.63) is 77.0 Å². The number of hydrogen-bond donors (Lipinski definition) is 1. The van der Waals surface area contributed by atoms with Gasteiger partial charge in [-0.3, -0.25) is 4.79 Å². The molecule has 3 aromatic rings. The molecule has 6 heteroatoms. The van der Waals surface area contributed by atoms with Crippen molar-refractivity contribution in [2.45, 2.75) is 0 Å². The Labute approximate surface area is 134 Å². The Morgan fingerprint density at radius 3 is 2.64 bits per heavy atom. The molecular weight excluding hydrogens is 349 g/mol. The van der Waals surface area contributed by atoms with E-state index in [1.165, 1.54) is 12.1 Å². The highest BCUT2D eigenvalue weighted by Gasteiger charge is 2.12. The van der Waals surface area contributed by atoms with Crippen LogP contribution in [0.25, 0.3) is 5.69 Å². The number of hydrogen-bond acceptors (Lipinski definition) is 2. The van der Waals surface area contributed by atoms with E-state index in [1.54, 1.807) is 30.7 Å². The van der Waals surface area contributed by atoms with Gasteiger partial charge in [-0.2, -0.15) is 0 Å². The van der Waals surface area contributed by atoms with Crippen molar-refractivity contribution in [2.24, 2.45) is 0 Å². The number of carbonyl (C=O) groups is 1. The van der Waals surface area contributed by atoms with Gasteiger partial charge in [-0.25, -0.2) is 9.37 Å². The Morgan fingerprint density at radius 1 is 1.18 bits per heavy atom. The lowest BCUT2D eigenvalue weighted by atomic mass is 10.2. The van der Waals surface area contributed by atoms with Gasteiger partial charge in [-0.05, 0) is 42.5 Å². The van der Waals surface area contributed by atoms with E-state index in [1.807, 2.05) is 22.9 Å². The number of nitrogens with zero attached hydrogens (tertiary/aromatic N) is 2. The molecule has 0 fully saturated rings. The third-order valence-electron chi connectivity index (χ3n) is 3.10. The normalized spacial score (nSPS) is 10.5. The molecule has 1 amide bonds.